The molecule has 1 atom stereocenters. The second-order valence-corrected chi connectivity index (χ2v) is 10.00. The van der Waals surface area contributed by atoms with Crippen LogP contribution >= 0.6 is 11.6 Å². The minimum atomic E-state index is -3.53. The maximum atomic E-state index is 12.8. The molecule has 1 N–H and O–H groups in total. The Balaban J connectivity index is 1.73. The van der Waals surface area contributed by atoms with Crippen LogP contribution in [0.15, 0.2) is 72.8 Å². The Hall–Kier alpha value is -3.03. The lowest BCUT2D eigenvalue weighted by Gasteiger charge is -2.23. The number of carbonyl (C=O) groups is 1. The van der Waals surface area contributed by atoms with E-state index in [4.69, 9.17) is 16.3 Å². The molecule has 0 aliphatic heterocycles. The molecule has 174 valence electrons. The number of amides is 1. The number of hydrogen-bond donors (Lipinski definition) is 1. The van der Waals surface area contributed by atoms with Gasteiger partial charge in [0.1, 0.15) is 5.75 Å². The molecule has 0 aliphatic rings. The third-order valence-corrected chi connectivity index (χ3v) is 6.65. The molecule has 0 radical (unpaired) electrons. The van der Waals surface area contributed by atoms with Crippen LogP contribution in [0.3, 0.4) is 0 Å². The summed E-state index contributed by atoms with van der Waals surface area (Å²) in [6, 6.07) is 21.1. The van der Waals surface area contributed by atoms with E-state index >= 15 is 0 Å². The van der Waals surface area contributed by atoms with Crippen LogP contribution in [0.1, 0.15) is 40.9 Å². The Morgan fingerprint density at radius 1 is 1.06 bits per heavy atom. The van der Waals surface area contributed by atoms with E-state index in [-0.39, 0.29) is 18.5 Å². The Labute approximate surface area is 200 Å². The van der Waals surface area contributed by atoms with Crippen molar-refractivity contribution >= 4 is 33.2 Å². The molecule has 3 aromatic carbocycles. The number of rotatable bonds is 9. The van der Waals surface area contributed by atoms with Crippen molar-refractivity contribution in [1.29, 1.82) is 0 Å². The lowest BCUT2D eigenvalue weighted by Crippen LogP contribution is -2.29. The van der Waals surface area contributed by atoms with Crippen LogP contribution in [0, 0.1) is 0 Å². The summed E-state index contributed by atoms with van der Waals surface area (Å²) in [4.78, 5) is 12.8. The molecule has 0 bridgehead atoms. The SMILES string of the molecule is CCC(NC(=O)c1ccc(CN(c2cccc(Cl)c2)S(C)(=O)=O)cc1)c1ccc(OC)cc1. The van der Waals surface area contributed by atoms with E-state index in [0.29, 0.717) is 16.3 Å². The van der Waals surface area contributed by atoms with Gasteiger partial charge in [-0.2, -0.15) is 0 Å². The van der Waals surface area contributed by atoms with E-state index in [1.165, 1.54) is 4.31 Å². The van der Waals surface area contributed by atoms with Crippen LogP contribution in [-0.4, -0.2) is 27.7 Å². The predicted octanol–water partition coefficient (Wildman–Crippen LogP) is 5.20. The third-order valence-electron chi connectivity index (χ3n) is 5.27. The third kappa shape index (κ3) is 6.49. The summed E-state index contributed by atoms with van der Waals surface area (Å²) >= 11 is 6.04. The van der Waals surface area contributed by atoms with Crippen molar-refractivity contribution in [2.75, 3.05) is 17.7 Å². The van der Waals surface area contributed by atoms with Crippen molar-refractivity contribution in [1.82, 2.24) is 5.32 Å². The zero-order valence-corrected chi connectivity index (χ0v) is 20.4. The van der Waals surface area contributed by atoms with Crippen molar-refractivity contribution in [2.45, 2.75) is 25.9 Å². The highest BCUT2D eigenvalue weighted by Crippen LogP contribution is 2.24. The van der Waals surface area contributed by atoms with Gasteiger partial charge < -0.3 is 10.1 Å². The van der Waals surface area contributed by atoms with Crippen molar-refractivity contribution in [3.05, 3.63) is 94.5 Å². The molecule has 0 fully saturated rings. The van der Waals surface area contributed by atoms with Crippen LogP contribution in [0.4, 0.5) is 5.69 Å². The summed E-state index contributed by atoms with van der Waals surface area (Å²) in [5, 5.41) is 3.51. The van der Waals surface area contributed by atoms with Crippen LogP contribution < -0.4 is 14.4 Å². The predicted molar refractivity (Wildman–Crippen MR) is 132 cm³/mol. The fourth-order valence-electron chi connectivity index (χ4n) is 3.46. The van der Waals surface area contributed by atoms with Crippen LogP contribution in [0.5, 0.6) is 5.75 Å². The second kappa shape index (κ2) is 10.7. The van der Waals surface area contributed by atoms with Gasteiger partial charge in [0.2, 0.25) is 10.0 Å². The Morgan fingerprint density at radius 2 is 1.73 bits per heavy atom. The summed E-state index contributed by atoms with van der Waals surface area (Å²) < 4.78 is 31.2. The van der Waals surface area contributed by atoms with Gasteiger partial charge in [0.15, 0.2) is 0 Å². The lowest BCUT2D eigenvalue weighted by atomic mass is 10.0. The molecule has 0 aromatic heterocycles. The molecular formula is C25H27ClN2O4S. The standard InChI is InChI=1S/C25H27ClN2O4S/c1-4-24(19-12-14-23(32-2)15-13-19)27-25(29)20-10-8-18(9-11-20)17-28(33(3,30)31)22-7-5-6-21(26)16-22/h5-16,24H,4,17H2,1-3H3,(H,27,29). The topological polar surface area (TPSA) is 75.7 Å². The van der Waals surface area contributed by atoms with E-state index < -0.39 is 10.0 Å². The Kier molecular flexibility index (Phi) is 8.00. The average Bonchev–Trinajstić information content (AvgIpc) is 2.80. The van der Waals surface area contributed by atoms with Crippen LogP contribution in [0.25, 0.3) is 0 Å². The summed E-state index contributed by atoms with van der Waals surface area (Å²) in [5.41, 5.74) is 2.73. The van der Waals surface area contributed by atoms with Gasteiger partial charge >= 0.3 is 0 Å². The van der Waals surface area contributed by atoms with Gasteiger partial charge in [-0.3, -0.25) is 9.10 Å². The molecule has 3 aromatic rings. The monoisotopic (exact) mass is 486 g/mol. The first-order valence-corrected chi connectivity index (χ1v) is 12.7. The number of carbonyl (C=O) groups excluding carboxylic acids is 1. The zero-order valence-electron chi connectivity index (χ0n) is 18.8. The summed E-state index contributed by atoms with van der Waals surface area (Å²) in [6.07, 6.45) is 1.89. The fraction of sp³-hybridized carbons (Fsp3) is 0.240. The highest BCUT2D eigenvalue weighted by Gasteiger charge is 2.19. The minimum absolute atomic E-state index is 0.129. The number of nitrogens with one attached hydrogen (secondary N) is 1. The number of nitrogens with zero attached hydrogens (tertiary/aromatic N) is 1. The maximum Gasteiger partial charge on any atom is 0.251 e. The number of sulfonamides is 1. The number of benzene rings is 3. The highest BCUT2D eigenvalue weighted by molar-refractivity contribution is 7.92. The van der Waals surface area contributed by atoms with Crippen LogP contribution in [-0.2, 0) is 16.6 Å². The van der Waals surface area contributed by atoms with E-state index in [0.717, 1.165) is 29.6 Å². The maximum absolute atomic E-state index is 12.8. The average molecular weight is 487 g/mol. The van der Waals surface area contributed by atoms with Crippen molar-refractivity contribution < 1.29 is 17.9 Å². The summed E-state index contributed by atoms with van der Waals surface area (Å²) in [7, 11) is -1.91. The van der Waals surface area contributed by atoms with E-state index in [1.807, 2.05) is 31.2 Å². The molecule has 1 unspecified atom stereocenters. The molecule has 0 saturated heterocycles. The van der Waals surface area contributed by atoms with Gasteiger partial charge in [0.05, 0.1) is 31.6 Å². The zero-order chi connectivity index (χ0) is 24.0. The minimum Gasteiger partial charge on any atom is -0.497 e. The number of methoxy groups -OCH3 is 1. The van der Waals surface area contributed by atoms with Crippen molar-refractivity contribution in [3.8, 4) is 5.75 Å². The van der Waals surface area contributed by atoms with Gasteiger partial charge in [-0.05, 0) is 60.0 Å². The molecule has 3 rings (SSSR count). The van der Waals surface area contributed by atoms with E-state index in [9.17, 15) is 13.2 Å². The van der Waals surface area contributed by atoms with Gasteiger partial charge in [-0.15, -0.1) is 0 Å². The normalized spacial score (nSPS) is 12.1. The molecule has 6 nitrogen and oxygen atoms in total. The molecular weight excluding hydrogens is 460 g/mol. The smallest absolute Gasteiger partial charge is 0.251 e. The lowest BCUT2D eigenvalue weighted by molar-refractivity contribution is 0.0935. The van der Waals surface area contributed by atoms with E-state index in [2.05, 4.69) is 5.32 Å². The van der Waals surface area contributed by atoms with Gasteiger partial charge in [-0.25, -0.2) is 8.42 Å². The number of hydrogen-bond acceptors (Lipinski definition) is 4. The molecule has 1 amide bonds. The summed E-state index contributed by atoms with van der Waals surface area (Å²) in [5.74, 6) is 0.565. The molecule has 0 aliphatic carbocycles. The summed E-state index contributed by atoms with van der Waals surface area (Å²) in [6.45, 7) is 2.14. The first kappa shape index (κ1) is 24.6. The van der Waals surface area contributed by atoms with Gasteiger partial charge in [-0.1, -0.05) is 48.9 Å². The first-order valence-electron chi connectivity index (χ1n) is 10.5. The largest absolute Gasteiger partial charge is 0.497 e. The molecule has 8 heteroatoms. The van der Waals surface area contributed by atoms with E-state index in [1.54, 1.807) is 55.6 Å². The first-order chi connectivity index (χ1) is 15.7. The quantitative estimate of drug-likeness (QED) is 0.451. The molecule has 0 spiro atoms. The molecule has 33 heavy (non-hydrogen) atoms. The molecule has 0 heterocycles. The Bertz CT molecular complexity index is 1200. The van der Waals surface area contributed by atoms with Crippen LogP contribution in [0.2, 0.25) is 5.02 Å². The second-order valence-electron chi connectivity index (χ2n) is 7.65. The Morgan fingerprint density at radius 3 is 2.27 bits per heavy atom. The van der Waals surface area contributed by atoms with Crippen molar-refractivity contribution in [2.24, 2.45) is 0 Å². The highest BCUT2D eigenvalue weighted by atomic mass is 35.5. The molecule has 0 saturated carbocycles. The number of ether oxygens (including phenoxy) is 1. The van der Waals surface area contributed by atoms with Gasteiger partial charge in [0, 0.05) is 10.6 Å². The number of halogens is 1. The number of anilines is 1. The van der Waals surface area contributed by atoms with Gasteiger partial charge in [0.25, 0.3) is 5.91 Å². The van der Waals surface area contributed by atoms with Crippen molar-refractivity contribution in [3.63, 3.8) is 0 Å². The fourth-order valence-corrected chi connectivity index (χ4v) is 4.52.